The minimum absolute atomic E-state index is 0.537. The monoisotopic (exact) mass is 313 g/mol. The number of rotatable bonds is 4. The summed E-state index contributed by atoms with van der Waals surface area (Å²) < 4.78 is 0. The van der Waals surface area contributed by atoms with Crippen LogP contribution >= 0.6 is 0 Å². The van der Waals surface area contributed by atoms with Gasteiger partial charge in [-0.3, -0.25) is 4.90 Å². The molecule has 0 bridgehead atoms. The molecule has 0 aromatic carbocycles. The summed E-state index contributed by atoms with van der Waals surface area (Å²) in [5, 5.41) is 17.3. The molecule has 2 aliphatic rings. The minimum atomic E-state index is 0.537. The maximum Gasteiger partial charge on any atom is 0.151 e. The van der Waals surface area contributed by atoms with Crippen LogP contribution in [0.4, 0.5) is 5.82 Å². The molecule has 1 saturated heterocycles. The number of anilines is 1. The second kappa shape index (κ2) is 5.88. The molecule has 0 radical (unpaired) electrons. The van der Waals surface area contributed by atoms with Gasteiger partial charge < -0.3 is 4.90 Å². The molecule has 1 aliphatic heterocycles. The summed E-state index contributed by atoms with van der Waals surface area (Å²) in [6.07, 6.45) is 6.61. The zero-order valence-electron chi connectivity index (χ0n) is 13.8. The molecule has 1 aliphatic carbocycles. The molecule has 3 heterocycles. The maximum atomic E-state index is 4.44. The Morgan fingerprint density at radius 1 is 1.22 bits per heavy atom. The van der Waals surface area contributed by atoms with Gasteiger partial charge in [0.05, 0.1) is 17.6 Å². The minimum Gasteiger partial charge on any atom is -0.352 e. The molecule has 7 nitrogen and oxygen atoms in total. The highest BCUT2D eigenvalue weighted by Gasteiger charge is 2.31. The van der Waals surface area contributed by atoms with Gasteiger partial charge in [-0.25, -0.2) is 0 Å². The summed E-state index contributed by atoms with van der Waals surface area (Å²) in [6, 6.07) is 2.79. The molecule has 0 N–H and O–H groups in total. The van der Waals surface area contributed by atoms with Crippen LogP contribution in [0.25, 0.3) is 0 Å². The fourth-order valence-corrected chi connectivity index (χ4v) is 3.40. The first kappa shape index (κ1) is 14.6. The van der Waals surface area contributed by atoms with Gasteiger partial charge in [-0.1, -0.05) is 0 Å². The van der Waals surface area contributed by atoms with Crippen LogP contribution in [0, 0.1) is 0 Å². The molecule has 122 valence electrons. The van der Waals surface area contributed by atoms with E-state index in [-0.39, 0.29) is 0 Å². The quantitative estimate of drug-likeness (QED) is 0.832. The van der Waals surface area contributed by atoms with E-state index >= 15 is 0 Å². The van der Waals surface area contributed by atoms with Crippen molar-refractivity contribution in [3.05, 3.63) is 29.2 Å². The number of likely N-dealkylation sites (N-methyl/N-ethyl adjacent to an activating group) is 1. The van der Waals surface area contributed by atoms with Crippen molar-refractivity contribution in [3.8, 4) is 0 Å². The topological polar surface area (TPSA) is 63.0 Å². The van der Waals surface area contributed by atoms with Gasteiger partial charge in [-0.15, -0.1) is 5.10 Å². The second-order valence-corrected chi connectivity index (χ2v) is 6.68. The van der Waals surface area contributed by atoms with E-state index in [1.165, 1.54) is 24.1 Å². The molecule has 7 heteroatoms. The van der Waals surface area contributed by atoms with Gasteiger partial charge >= 0.3 is 0 Å². The van der Waals surface area contributed by atoms with Crippen LogP contribution in [-0.4, -0.2) is 56.3 Å². The Balaban J connectivity index is 1.35. The van der Waals surface area contributed by atoms with Gasteiger partial charge in [-0.05, 0) is 44.4 Å². The van der Waals surface area contributed by atoms with E-state index in [0.717, 1.165) is 44.0 Å². The summed E-state index contributed by atoms with van der Waals surface area (Å²) in [6.45, 7) is 2.84. The standard InChI is InChI=1S/C16H23N7/c1-21(9-13-8-17-22(2)20-13)14-10-23(11-14)16-7-12-5-3-4-6-15(12)18-19-16/h7-8,14H,3-6,9-11H2,1-2H3. The van der Waals surface area contributed by atoms with Crippen molar-refractivity contribution < 1.29 is 0 Å². The third-order valence-electron chi connectivity index (χ3n) is 4.92. The van der Waals surface area contributed by atoms with Gasteiger partial charge in [0.2, 0.25) is 0 Å². The number of fused-ring (bicyclic) bond motifs is 1. The lowest BCUT2D eigenvalue weighted by Gasteiger charge is -2.44. The predicted octanol–water partition coefficient (Wildman–Crippen LogP) is 0.804. The van der Waals surface area contributed by atoms with Gasteiger partial charge in [0.15, 0.2) is 5.82 Å². The van der Waals surface area contributed by atoms with Gasteiger partial charge in [0.25, 0.3) is 0 Å². The lowest BCUT2D eigenvalue weighted by molar-refractivity contribution is 0.194. The third-order valence-corrected chi connectivity index (χ3v) is 4.92. The summed E-state index contributed by atoms with van der Waals surface area (Å²) in [5.41, 5.74) is 3.62. The van der Waals surface area contributed by atoms with E-state index in [1.54, 1.807) is 4.80 Å². The van der Waals surface area contributed by atoms with Crippen LogP contribution in [0.1, 0.15) is 29.8 Å². The Labute approximate surface area is 136 Å². The second-order valence-electron chi connectivity index (χ2n) is 6.68. The van der Waals surface area contributed by atoms with Crippen LogP contribution in [0.2, 0.25) is 0 Å². The van der Waals surface area contributed by atoms with E-state index in [0.29, 0.717) is 6.04 Å². The highest BCUT2D eigenvalue weighted by Crippen LogP contribution is 2.26. The molecule has 0 unspecified atom stereocenters. The number of hydrogen-bond donors (Lipinski definition) is 0. The van der Waals surface area contributed by atoms with Crippen molar-refractivity contribution >= 4 is 5.82 Å². The first-order chi connectivity index (χ1) is 11.2. The fourth-order valence-electron chi connectivity index (χ4n) is 3.40. The van der Waals surface area contributed by atoms with Gasteiger partial charge in [-0.2, -0.15) is 20.1 Å². The zero-order valence-corrected chi connectivity index (χ0v) is 13.8. The van der Waals surface area contributed by atoms with E-state index in [2.05, 4.69) is 43.3 Å². The SMILES string of the molecule is CN(Cc1cnn(C)n1)C1CN(c2cc3c(nn2)CCCC3)C1. The Morgan fingerprint density at radius 2 is 2.04 bits per heavy atom. The van der Waals surface area contributed by atoms with Crippen molar-refractivity contribution in [2.45, 2.75) is 38.3 Å². The molecule has 0 spiro atoms. The zero-order chi connectivity index (χ0) is 15.8. The molecular formula is C16H23N7. The van der Waals surface area contributed by atoms with E-state index in [1.807, 2.05) is 13.2 Å². The molecular weight excluding hydrogens is 290 g/mol. The Bertz CT molecular complexity index is 689. The molecule has 4 rings (SSSR count). The fraction of sp³-hybridized carbons (Fsp3) is 0.625. The number of nitrogens with zero attached hydrogens (tertiary/aromatic N) is 7. The normalized spacial score (nSPS) is 18.1. The van der Waals surface area contributed by atoms with Crippen molar-refractivity contribution in [1.29, 1.82) is 0 Å². The smallest absolute Gasteiger partial charge is 0.151 e. The third kappa shape index (κ3) is 2.93. The van der Waals surface area contributed by atoms with Crippen molar-refractivity contribution in [3.63, 3.8) is 0 Å². The lowest BCUT2D eigenvalue weighted by Crippen LogP contribution is -2.58. The first-order valence-corrected chi connectivity index (χ1v) is 8.35. The number of aromatic nitrogens is 5. The molecule has 2 aromatic rings. The average Bonchev–Trinajstić information content (AvgIpc) is 2.90. The Hall–Kier alpha value is -2.02. The first-order valence-electron chi connectivity index (χ1n) is 8.35. The Kier molecular flexibility index (Phi) is 3.72. The Morgan fingerprint density at radius 3 is 2.83 bits per heavy atom. The largest absolute Gasteiger partial charge is 0.352 e. The lowest BCUT2D eigenvalue weighted by atomic mass is 9.96. The van der Waals surface area contributed by atoms with Crippen LogP contribution in [-0.2, 0) is 26.4 Å². The molecule has 0 saturated carbocycles. The van der Waals surface area contributed by atoms with E-state index < -0.39 is 0 Å². The van der Waals surface area contributed by atoms with E-state index in [4.69, 9.17) is 0 Å². The van der Waals surface area contributed by atoms with Crippen LogP contribution in [0.15, 0.2) is 12.3 Å². The van der Waals surface area contributed by atoms with Crippen LogP contribution in [0.5, 0.6) is 0 Å². The van der Waals surface area contributed by atoms with Crippen molar-refractivity contribution in [1.82, 2.24) is 30.1 Å². The highest BCUT2D eigenvalue weighted by molar-refractivity contribution is 5.45. The maximum absolute atomic E-state index is 4.44. The average molecular weight is 313 g/mol. The molecule has 0 atom stereocenters. The highest BCUT2D eigenvalue weighted by atomic mass is 15.5. The number of hydrogen-bond acceptors (Lipinski definition) is 6. The summed E-state index contributed by atoms with van der Waals surface area (Å²) in [5.74, 6) is 1.04. The van der Waals surface area contributed by atoms with Crippen molar-refractivity contribution in [2.24, 2.45) is 7.05 Å². The van der Waals surface area contributed by atoms with Gasteiger partial charge in [0, 0.05) is 32.7 Å². The molecule has 2 aromatic heterocycles. The summed E-state index contributed by atoms with van der Waals surface area (Å²) >= 11 is 0. The summed E-state index contributed by atoms with van der Waals surface area (Å²) in [7, 11) is 4.00. The predicted molar refractivity (Wildman–Crippen MR) is 87.1 cm³/mol. The van der Waals surface area contributed by atoms with Crippen LogP contribution < -0.4 is 4.90 Å². The summed E-state index contributed by atoms with van der Waals surface area (Å²) in [4.78, 5) is 6.27. The number of aryl methyl sites for hydroxylation is 3. The van der Waals surface area contributed by atoms with Crippen molar-refractivity contribution in [2.75, 3.05) is 25.0 Å². The van der Waals surface area contributed by atoms with E-state index in [9.17, 15) is 0 Å². The van der Waals surface area contributed by atoms with Gasteiger partial charge in [0.1, 0.15) is 0 Å². The molecule has 1 fully saturated rings. The molecule has 23 heavy (non-hydrogen) atoms. The molecule has 0 amide bonds. The van der Waals surface area contributed by atoms with Crippen LogP contribution in [0.3, 0.4) is 0 Å².